The lowest BCUT2D eigenvalue weighted by Crippen LogP contribution is -2.43. The molecule has 0 radical (unpaired) electrons. The van der Waals surface area contributed by atoms with Gasteiger partial charge in [-0.05, 0) is 30.8 Å². The molecule has 0 saturated carbocycles. The van der Waals surface area contributed by atoms with Crippen LogP contribution in [-0.4, -0.2) is 24.0 Å². The number of aromatic nitrogens is 1. The first-order chi connectivity index (χ1) is 13.3. The van der Waals surface area contributed by atoms with Crippen molar-refractivity contribution in [3.8, 4) is 11.3 Å². The molecule has 1 saturated heterocycles. The van der Waals surface area contributed by atoms with Crippen LogP contribution in [0.25, 0.3) is 11.3 Å². The third-order valence-electron chi connectivity index (χ3n) is 5.07. The first-order valence-corrected chi connectivity index (χ1v) is 9.28. The SMILES string of the molecule is O=C(OC1(c2ccccc2)CCNCC1)c1ccc(-c2ccccc2)nc1. The van der Waals surface area contributed by atoms with Crippen LogP contribution in [0.3, 0.4) is 0 Å². The minimum Gasteiger partial charge on any atom is -0.450 e. The standard InChI is InChI=1S/C23H22N2O2/c26-22(19-11-12-21(25-17-19)18-7-3-1-4-8-18)27-23(13-15-24-16-14-23)20-9-5-2-6-10-20/h1-12,17,24H,13-16H2. The van der Waals surface area contributed by atoms with E-state index >= 15 is 0 Å². The van der Waals surface area contributed by atoms with Gasteiger partial charge >= 0.3 is 5.97 Å². The summed E-state index contributed by atoms with van der Waals surface area (Å²) in [5, 5.41) is 3.34. The number of carbonyl (C=O) groups is 1. The van der Waals surface area contributed by atoms with Crippen LogP contribution in [0.4, 0.5) is 0 Å². The summed E-state index contributed by atoms with van der Waals surface area (Å²) < 4.78 is 6.08. The highest BCUT2D eigenvalue weighted by molar-refractivity contribution is 5.89. The van der Waals surface area contributed by atoms with Gasteiger partial charge in [-0.15, -0.1) is 0 Å². The van der Waals surface area contributed by atoms with E-state index in [9.17, 15) is 4.79 Å². The van der Waals surface area contributed by atoms with E-state index in [1.165, 1.54) is 0 Å². The zero-order valence-electron chi connectivity index (χ0n) is 15.1. The van der Waals surface area contributed by atoms with Crippen molar-refractivity contribution in [1.82, 2.24) is 10.3 Å². The number of hydrogen-bond acceptors (Lipinski definition) is 4. The molecule has 1 aliphatic rings. The molecule has 3 aromatic rings. The van der Waals surface area contributed by atoms with E-state index in [2.05, 4.69) is 10.3 Å². The third-order valence-corrected chi connectivity index (χ3v) is 5.07. The van der Waals surface area contributed by atoms with Crippen LogP contribution < -0.4 is 5.32 Å². The van der Waals surface area contributed by atoms with E-state index in [1.54, 1.807) is 12.3 Å². The molecule has 1 aromatic heterocycles. The molecule has 1 aliphatic heterocycles. The van der Waals surface area contributed by atoms with Gasteiger partial charge in [0.2, 0.25) is 0 Å². The number of carbonyl (C=O) groups excluding carboxylic acids is 1. The maximum Gasteiger partial charge on any atom is 0.340 e. The molecule has 0 spiro atoms. The fourth-order valence-corrected chi connectivity index (χ4v) is 3.55. The van der Waals surface area contributed by atoms with Crippen molar-refractivity contribution in [3.63, 3.8) is 0 Å². The molecular weight excluding hydrogens is 336 g/mol. The smallest absolute Gasteiger partial charge is 0.340 e. The Bertz CT molecular complexity index is 887. The number of ether oxygens (including phenoxy) is 1. The van der Waals surface area contributed by atoms with Crippen LogP contribution in [0.5, 0.6) is 0 Å². The van der Waals surface area contributed by atoms with Crippen molar-refractivity contribution in [2.75, 3.05) is 13.1 Å². The summed E-state index contributed by atoms with van der Waals surface area (Å²) in [5.41, 5.74) is 2.81. The first kappa shape index (κ1) is 17.4. The van der Waals surface area contributed by atoms with Crippen LogP contribution in [0.15, 0.2) is 79.0 Å². The normalized spacial score (nSPS) is 15.9. The first-order valence-electron chi connectivity index (χ1n) is 9.28. The molecule has 0 amide bonds. The molecule has 27 heavy (non-hydrogen) atoms. The van der Waals surface area contributed by atoms with Gasteiger partial charge in [-0.1, -0.05) is 60.7 Å². The van der Waals surface area contributed by atoms with E-state index in [0.717, 1.165) is 42.8 Å². The summed E-state index contributed by atoms with van der Waals surface area (Å²) in [6.07, 6.45) is 3.13. The fourth-order valence-electron chi connectivity index (χ4n) is 3.55. The number of benzene rings is 2. The molecule has 4 nitrogen and oxygen atoms in total. The predicted molar refractivity (Wildman–Crippen MR) is 105 cm³/mol. The Hall–Kier alpha value is -2.98. The van der Waals surface area contributed by atoms with Crippen LogP contribution >= 0.6 is 0 Å². The van der Waals surface area contributed by atoms with Crippen LogP contribution in [0.2, 0.25) is 0 Å². The molecular formula is C23H22N2O2. The third kappa shape index (κ3) is 3.76. The lowest BCUT2D eigenvalue weighted by atomic mass is 9.84. The lowest BCUT2D eigenvalue weighted by molar-refractivity contribution is -0.0378. The zero-order chi connectivity index (χ0) is 18.5. The second-order valence-electron chi connectivity index (χ2n) is 6.80. The Kier molecular flexibility index (Phi) is 4.99. The Morgan fingerprint density at radius 3 is 2.19 bits per heavy atom. The van der Waals surface area contributed by atoms with Gasteiger partial charge in [0.25, 0.3) is 0 Å². The fraction of sp³-hybridized carbons (Fsp3) is 0.217. The second-order valence-corrected chi connectivity index (χ2v) is 6.80. The van der Waals surface area contributed by atoms with Gasteiger partial charge in [0.05, 0.1) is 11.3 Å². The summed E-state index contributed by atoms with van der Waals surface area (Å²) >= 11 is 0. The van der Waals surface area contributed by atoms with Gasteiger partial charge in [0, 0.05) is 24.6 Å². The van der Waals surface area contributed by atoms with E-state index in [-0.39, 0.29) is 5.97 Å². The van der Waals surface area contributed by atoms with Crippen LogP contribution in [-0.2, 0) is 10.3 Å². The zero-order valence-corrected chi connectivity index (χ0v) is 15.1. The van der Waals surface area contributed by atoms with E-state index < -0.39 is 5.60 Å². The van der Waals surface area contributed by atoms with Crippen molar-refractivity contribution >= 4 is 5.97 Å². The van der Waals surface area contributed by atoms with Gasteiger partial charge in [-0.2, -0.15) is 0 Å². The topological polar surface area (TPSA) is 51.2 Å². The molecule has 136 valence electrons. The second kappa shape index (κ2) is 7.72. The van der Waals surface area contributed by atoms with Gasteiger partial charge in [-0.25, -0.2) is 4.79 Å². The number of esters is 1. The average Bonchev–Trinajstić information content (AvgIpc) is 2.76. The largest absolute Gasteiger partial charge is 0.450 e. The van der Waals surface area contributed by atoms with Crippen molar-refractivity contribution in [3.05, 3.63) is 90.1 Å². The Balaban J connectivity index is 1.56. The number of nitrogens with zero attached hydrogens (tertiary/aromatic N) is 1. The minimum atomic E-state index is -0.582. The molecule has 1 N–H and O–H groups in total. The van der Waals surface area contributed by atoms with Gasteiger partial charge in [-0.3, -0.25) is 4.98 Å². The maximum atomic E-state index is 12.9. The number of hydrogen-bond donors (Lipinski definition) is 1. The summed E-state index contributed by atoms with van der Waals surface area (Å²) in [5.74, 6) is -0.326. The van der Waals surface area contributed by atoms with Crippen molar-refractivity contribution in [2.45, 2.75) is 18.4 Å². The molecule has 0 unspecified atom stereocenters. The number of pyridine rings is 1. The molecule has 4 heteroatoms. The predicted octanol–water partition coefficient (Wildman–Crippen LogP) is 4.18. The highest BCUT2D eigenvalue weighted by Gasteiger charge is 2.38. The summed E-state index contributed by atoms with van der Waals surface area (Å²) in [6, 6.07) is 23.6. The lowest BCUT2D eigenvalue weighted by Gasteiger charge is -2.37. The monoisotopic (exact) mass is 358 g/mol. The molecule has 0 atom stereocenters. The van der Waals surface area contributed by atoms with Gasteiger partial charge in [0.15, 0.2) is 0 Å². The Labute approximate surface area is 159 Å². The molecule has 0 aliphatic carbocycles. The molecule has 0 bridgehead atoms. The minimum absolute atomic E-state index is 0.326. The number of piperidine rings is 1. The van der Waals surface area contributed by atoms with Crippen LogP contribution in [0, 0.1) is 0 Å². The van der Waals surface area contributed by atoms with Crippen molar-refractivity contribution in [2.24, 2.45) is 0 Å². The maximum absolute atomic E-state index is 12.9. The van der Waals surface area contributed by atoms with Crippen molar-refractivity contribution < 1.29 is 9.53 Å². The summed E-state index contributed by atoms with van der Waals surface area (Å²) in [6.45, 7) is 1.65. The van der Waals surface area contributed by atoms with Gasteiger partial charge < -0.3 is 10.1 Å². The molecule has 2 heterocycles. The number of rotatable bonds is 4. The Morgan fingerprint density at radius 2 is 1.56 bits per heavy atom. The van der Waals surface area contributed by atoms with Crippen LogP contribution in [0.1, 0.15) is 28.8 Å². The van der Waals surface area contributed by atoms with E-state index in [1.807, 2.05) is 66.7 Å². The summed E-state index contributed by atoms with van der Waals surface area (Å²) in [7, 11) is 0. The molecule has 1 fully saturated rings. The van der Waals surface area contributed by atoms with Crippen molar-refractivity contribution in [1.29, 1.82) is 0 Å². The van der Waals surface area contributed by atoms with Gasteiger partial charge in [0.1, 0.15) is 5.60 Å². The average molecular weight is 358 g/mol. The Morgan fingerprint density at radius 1 is 0.889 bits per heavy atom. The molecule has 2 aromatic carbocycles. The quantitative estimate of drug-likeness (QED) is 0.711. The summed E-state index contributed by atoms with van der Waals surface area (Å²) in [4.78, 5) is 17.3. The highest BCUT2D eigenvalue weighted by Crippen LogP contribution is 2.35. The highest BCUT2D eigenvalue weighted by atomic mass is 16.6. The number of nitrogens with one attached hydrogen (secondary N) is 1. The molecule has 4 rings (SSSR count). The van der Waals surface area contributed by atoms with E-state index in [0.29, 0.717) is 5.56 Å². The van der Waals surface area contributed by atoms with E-state index in [4.69, 9.17) is 4.74 Å².